The summed E-state index contributed by atoms with van der Waals surface area (Å²) in [6.45, 7) is 4.18. The normalized spacial score (nSPS) is 9.69. The summed E-state index contributed by atoms with van der Waals surface area (Å²) in [5, 5.41) is 0. The molecule has 1 aromatic carbocycles. The Morgan fingerprint density at radius 3 is 2.62 bits per heavy atom. The van der Waals surface area contributed by atoms with E-state index in [9.17, 15) is 9.59 Å². The van der Waals surface area contributed by atoms with E-state index in [4.69, 9.17) is 4.74 Å². The summed E-state index contributed by atoms with van der Waals surface area (Å²) < 4.78 is 4.69. The number of nitrogens with zero attached hydrogens (tertiary/aromatic N) is 1. The summed E-state index contributed by atoms with van der Waals surface area (Å²) in [6.07, 6.45) is -0.631. The highest BCUT2D eigenvalue weighted by atomic mass is 16.6. The topological polar surface area (TPSA) is 46.6 Å². The Morgan fingerprint density at radius 1 is 1.38 bits per heavy atom. The second kappa shape index (κ2) is 5.30. The molecule has 4 nitrogen and oxygen atoms in total. The van der Waals surface area contributed by atoms with Gasteiger partial charge in [0.1, 0.15) is 0 Å². The van der Waals surface area contributed by atoms with Crippen LogP contribution >= 0.6 is 0 Å². The molecule has 0 N–H and O–H groups in total. The summed E-state index contributed by atoms with van der Waals surface area (Å²) in [5.74, 6) is -0.617. The minimum Gasteiger partial charge on any atom is -0.372 e. The number of carbonyl (C=O) groups is 2. The molecular weight excluding hydrogens is 206 g/mol. The summed E-state index contributed by atoms with van der Waals surface area (Å²) in [5.41, 5.74) is 1.34. The molecule has 0 atom stereocenters. The van der Waals surface area contributed by atoms with Crippen LogP contribution in [-0.4, -0.2) is 30.6 Å². The largest absolute Gasteiger partial charge is 0.417 e. The summed E-state index contributed by atoms with van der Waals surface area (Å²) in [4.78, 5) is 24.2. The smallest absolute Gasteiger partial charge is 0.372 e. The first-order valence-electron chi connectivity index (χ1n) is 5.08. The van der Waals surface area contributed by atoms with Crippen molar-refractivity contribution in [3.05, 3.63) is 35.4 Å². The third kappa shape index (κ3) is 3.08. The monoisotopic (exact) mass is 221 g/mol. The molecule has 16 heavy (non-hydrogen) atoms. The van der Waals surface area contributed by atoms with Gasteiger partial charge >= 0.3 is 12.1 Å². The third-order valence-corrected chi connectivity index (χ3v) is 2.22. The van der Waals surface area contributed by atoms with Crippen molar-refractivity contribution < 1.29 is 14.3 Å². The highest BCUT2D eigenvalue weighted by Gasteiger charge is 2.15. The fourth-order valence-corrected chi connectivity index (χ4v) is 1.12. The summed E-state index contributed by atoms with van der Waals surface area (Å²) in [7, 11) is 1.58. The molecule has 1 amide bonds. The van der Waals surface area contributed by atoms with Crippen LogP contribution in [-0.2, 0) is 4.74 Å². The maximum atomic E-state index is 11.6. The molecule has 86 valence electrons. The van der Waals surface area contributed by atoms with Gasteiger partial charge in [0.15, 0.2) is 0 Å². The molecule has 0 spiro atoms. The van der Waals surface area contributed by atoms with Crippen LogP contribution < -0.4 is 0 Å². The van der Waals surface area contributed by atoms with E-state index in [0.29, 0.717) is 12.1 Å². The lowest BCUT2D eigenvalue weighted by Gasteiger charge is -2.13. The fraction of sp³-hybridized carbons (Fsp3) is 0.333. The van der Waals surface area contributed by atoms with Crippen molar-refractivity contribution in [2.24, 2.45) is 0 Å². The Kier molecular flexibility index (Phi) is 4.05. The number of esters is 1. The molecule has 0 heterocycles. The lowest BCUT2D eigenvalue weighted by atomic mass is 10.1. The SMILES string of the molecule is CCN(C)C(=O)OC(=O)c1cccc(C)c1. The van der Waals surface area contributed by atoms with E-state index in [0.717, 1.165) is 5.56 Å². The average molecular weight is 221 g/mol. The molecule has 0 fully saturated rings. The number of aryl methyl sites for hydroxylation is 1. The molecule has 0 bridgehead atoms. The Balaban J connectivity index is 2.69. The van der Waals surface area contributed by atoms with Gasteiger partial charge in [-0.25, -0.2) is 9.59 Å². The van der Waals surface area contributed by atoms with E-state index >= 15 is 0 Å². The minimum atomic E-state index is -0.631. The molecule has 0 aliphatic heterocycles. The van der Waals surface area contributed by atoms with Gasteiger partial charge in [-0.2, -0.15) is 0 Å². The highest BCUT2D eigenvalue weighted by molar-refractivity contribution is 5.96. The first-order chi connectivity index (χ1) is 7.54. The van der Waals surface area contributed by atoms with E-state index in [1.807, 2.05) is 13.0 Å². The lowest BCUT2D eigenvalue weighted by Crippen LogP contribution is -2.29. The van der Waals surface area contributed by atoms with Gasteiger partial charge in [-0.1, -0.05) is 17.7 Å². The number of ether oxygens (including phenoxy) is 1. The number of rotatable bonds is 2. The van der Waals surface area contributed by atoms with Crippen LogP contribution in [0.4, 0.5) is 4.79 Å². The Labute approximate surface area is 94.8 Å². The molecule has 0 saturated carbocycles. The van der Waals surface area contributed by atoms with Gasteiger partial charge in [-0.3, -0.25) is 0 Å². The Morgan fingerprint density at radius 2 is 2.06 bits per heavy atom. The molecule has 0 aliphatic carbocycles. The second-order valence-electron chi connectivity index (χ2n) is 3.54. The van der Waals surface area contributed by atoms with Crippen LogP contribution in [0.2, 0.25) is 0 Å². The Hall–Kier alpha value is -1.84. The Bertz CT molecular complexity index is 401. The van der Waals surface area contributed by atoms with Crippen molar-refractivity contribution in [1.29, 1.82) is 0 Å². The second-order valence-corrected chi connectivity index (χ2v) is 3.54. The van der Waals surface area contributed by atoms with E-state index in [1.54, 1.807) is 32.2 Å². The standard InChI is InChI=1S/C12H15NO3/c1-4-13(3)12(15)16-11(14)10-7-5-6-9(2)8-10/h5-8H,4H2,1-3H3. The summed E-state index contributed by atoms with van der Waals surface area (Å²) >= 11 is 0. The van der Waals surface area contributed by atoms with E-state index in [2.05, 4.69) is 0 Å². The highest BCUT2D eigenvalue weighted by Crippen LogP contribution is 2.06. The number of hydrogen-bond donors (Lipinski definition) is 0. The van der Waals surface area contributed by atoms with Gasteiger partial charge < -0.3 is 9.64 Å². The van der Waals surface area contributed by atoms with E-state index in [1.165, 1.54) is 4.90 Å². The van der Waals surface area contributed by atoms with Gasteiger partial charge in [-0.05, 0) is 26.0 Å². The first kappa shape index (κ1) is 12.2. The van der Waals surface area contributed by atoms with Crippen LogP contribution in [0.5, 0.6) is 0 Å². The average Bonchev–Trinajstić information content (AvgIpc) is 2.27. The molecule has 1 rings (SSSR count). The molecule has 1 aromatic rings. The molecular formula is C12H15NO3. The third-order valence-electron chi connectivity index (χ3n) is 2.22. The van der Waals surface area contributed by atoms with Crippen LogP contribution in [0.15, 0.2) is 24.3 Å². The number of hydrogen-bond acceptors (Lipinski definition) is 3. The zero-order chi connectivity index (χ0) is 12.1. The van der Waals surface area contributed by atoms with Crippen molar-refractivity contribution in [2.75, 3.05) is 13.6 Å². The van der Waals surface area contributed by atoms with E-state index in [-0.39, 0.29) is 0 Å². The van der Waals surface area contributed by atoms with Gasteiger partial charge in [-0.15, -0.1) is 0 Å². The van der Waals surface area contributed by atoms with E-state index < -0.39 is 12.1 Å². The minimum absolute atomic E-state index is 0.387. The van der Waals surface area contributed by atoms with Crippen LogP contribution in [0.1, 0.15) is 22.8 Å². The number of benzene rings is 1. The quantitative estimate of drug-likeness (QED) is 0.568. The van der Waals surface area contributed by atoms with Gasteiger partial charge in [0.25, 0.3) is 0 Å². The zero-order valence-electron chi connectivity index (χ0n) is 9.69. The molecule has 0 radical (unpaired) electrons. The van der Waals surface area contributed by atoms with Gasteiger partial charge in [0, 0.05) is 13.6 Å². The molecule has 0 aromatic heterocycles. The van der Waals surface area contributed by atoms with Crippen LogP contribution in [0.25, 0.3) is 0 Å². The van der Waals surface area contributed by atoms with Crippen molar-refractivity contribution in [1.82, 2.24) is 4.90 Å². The predicted octanol–water partition coefficient (Wildman–Crippen LogP) is 2.22. The first-order valence-corrected chi connectivity index (χ1v) is 5.08. The molecule has 0 aliphatic rings. The van der Waals surface area contributed by atoms with Gasteiger partial charge in [0.05, 0.1) is 5.56 Å². The maximum absolute atomic E-state index is 11.6. The molecule has 4 heteroatoms. The van der Waals surface area contributed by atoms with Gasteiger partial charge in [0.2, 0.25) is 0 Å². The van der Waals surface area contributed by atoms with Crippen LogP contribution in [0.3, 0.4) is 0 Å². The van der Waals surface area contributed by atoms with Crippen molar-refractivity contribution in [3.8, 4) is 0 Å². The molecule has 0 saturated heterocycles. The lowest BCUT2D eigenvalue weighted by molar-refractivity contribution is 0.0562. The fourth-order valence-electron chi connectivity index (χ4n) is 1.12. The predicted molar refractivity (Wildman–Crippen MR) is 60.3 cm³/mol. The zero-order valence-corrected chi connectivity index (χ0v) is 9.69. The van der Waals surface area contributed by atoms with Crippen molar-refractivity contribution in [2.45, 2.75) is 13.8 Å². The summed E-state index contributed by atoms with van der Waals surface area (Å²) in [6, 6.07) is 6.92. The van der Waals surface area contributed by atoms with Crippen molar-refractivity contribution in [3.63, 3.8) is 0 Å². The molecule has 0 unspecified atom stereocenters. The van der Waals surface area contributed by atoms with Crippen molar-refractivity contribution >= 4 is 12.1 Å². The number of amides is 1. The van der Waals surface area contributed by atoms with Crippen LogP contribution in [0, 0.1) is 6.92 Å². The number of carbonyl (C=O) groups excluding carboxylic acids is 2. The maximum Gasteiger partial charge on any atom is 0.417 e.